The Morgan fingerprint density at radius 1 is 0.435 bits per heavy atom. The van der Waals surface area contributed by atoms with E-state index in [-0.39, 0.29) is 0 Å². The van der Waals surface area contributed by atoms with E-state index in [2.05, 4.69) is 167 Å². The lowest BCUT2D eigenvalue weighted by atomic mass is 9.97. The maximum atomic E-state index is 4.90. The molecule has 0 atom stereocenters. The van der Waals surface area contributed by atoms with E-state index in [1.807, 2.05) is 0 Å². The Labute approximate surface area is 266 Å². The molecule has 9 aromatic rings. The van der Waals surface area contributed by atoms with Crippen LogP contribution in [0.25, 0.3) is 60.4 Å². The monoisotopic (exact) mass is 588 g/mol. The lowest BCUT2D eigenvalue weighted by Gasteiger charge is -2.25. The zero-order valence-electron chi connectivity index (χ0n) is 25.0. The molecule has 0 bridgehead atoms. The highest BCUT2D eigenvalue weighted by Crippen LogP contribution is 2.40. The van der Waals surface area contributed by atoms with Crippen LogP contribution in [0.2, 0.25) is 0 Å². The molecule has 0 spiro atoms. The number of aromatic nitrogens is 3. The third kappa shape index (κ3) is 4.23. The van der Waals surface area contributed by atoms with Gasteiger partial charge in [0.25, 0.3) is 0 Å². The molecule has 216 valence electrons. The average molecular weight is 589 g/mol. The van der Waals surface area contributed by atoms with Crippen molar-refractivity contribution in [3.63, 3.8) is 0 Å². The second-order valence-electron chi connectivity index (χ2n) is 11.5. The van der Waals surface area contributed by atoms with Crippen molar-refractivity contribution in [3.8, 4) is 16.8 Å². The van der Waals surface area contributed by atoms with Crippen LogP contribution >= 0.6 is 0 Å². The number of anilines is 3. The molecule has 9 rings (SSSR count). The first-order chi connectivity index (χ1) is 22.8. The quantitative estimate of drug-likeness (QED) is 0.188. The van der Waals surface area contributed by atoms with E-state index in [4.69, 9.17) is 9.97 Å². The number of hydrogen-bond acceptors (Lipinski definition) is 3. The Bertz CT molecular complexity index is 2460. The molecule has 0 amide bonds. The Balaban J connectivity index is 1.24. The standard InChI is InChI=1S/C42H28N4/c1-4-12-31(13-5-1)45(32-14-6-2-7-15-32)34-22-20-29(21-23-34)36-26-30-27-38-35-18-10-11-19-39(35)46(33-16-8-3-9-17-33)40(38)28-37(30)42-41(36)43-24-25-44-42/h1-28H. The molecule has 4 heteroatoms. The Morgan fingerprint density at radius 2 is 1.02 bits per heavy atom. The lowest BCUT2D eigenvalue weighted by molar-refractivity contribution is 1.18. The molecule has 0 unspecified atom stereocenters. The molecule has 46 heavy (non-hydrogen) atoms. The summed E-state index contributed by atoms with van der Waals surface area (Å²) in [5.41, 5.74) is 10.8. The lowest BCUT2D eigenvalue weighted by Crippen LogP contribution is -2.09. The van der Waals surface area contributed by atoms with Gasteiger partial charge in [-0.2, -0.15) is 0 Å². The van der Waals surface area contributed by atoms with Crippen molar-refractivity contribution in [3.05, 3.63) is 170 Å². The summed E-state index contributed by atoms with van der Waals surface area (Å²) in [5, 5.41) is 4.69. The Kier molecular flexibility index (Phi) is 6.10. The van der Waals surface area contributed by atoms with E-state index in [0.29, 0.717) is 0 Å². The summed E-state index contributed by atoms with van der Waals surface area (Å²) in [7, 11) is 0. The van der Waals surface area contributed by atoms with Gasteiger partial charge in [-0.15, -0.1) is 0 Å². The SMILES string of the molecule is c1ccc(N(c2ccccc2)c2ccc(-c3cc4cc5c6ccccc6n(-c6ccccc6)c5cc4c4nccnc34)cc2)cc1. The van der Waals surface area contributed by atoms with Gasteiger partial charge in [0.15, 0.2) is 0 Å². The second kappa shape index (κ2) is 10.7. The first kappa shape index (κ1) is 26.2. The van der Waals surface area contributed by atoms with Crippen LogP contribution in [0.5, 0.6) is 0 Å². The third-order valence-corrected chi connectivity index (χ3v) is 8.83. The number of benzene rings is 7. The molecule has 7 aromatic carbocycles. The topological polar surface area (TPSA) is 34.0 Å². The minimum atomic E-state index is 0.896. The first-order valence-corrected chi connectivity index (χ1v) is 15.5. The van der Waals surface area contributed by atoms with Gasteiger partial charge in [0.2, 0.25) is 0 Å². The van der Waals surface area contributed by atoms with Gasteiger partial charge in [-0.3, -0.25) is 9.97 Å². The summed E-state index contributed by atoms with van der Waals surface area (Å²) >= 11 is 0. The fraction of sp³-hybridized carbons (Fsp3) is 0. The molecular formula is C42H28N4. The highest BCUT2D eigenvalue weighted by Gasteiger charge is 2.18. The van der Waals surface area contributed by atoms with Gasteiger partial charge in [-0.25, -0.2) is 0 Å². The van der Waals surface area contributed by atoms with E-state index >= 15 is 0 Å². The molecule has 0 saturated heterocycles. The molecule has 0 fully saturated rings. The van der Waals surface area contributed by atoms with Crippen LogP contribution in [0.3, 0.4) is 0 Å². The summed E-state index contributed by atoms with van der Waals surface area (Å²) in [6.07, 6.45) is 3.58. The predicted octanol–water partition coefficient (Wildman–Crippen LogP) is 11.0. The number of rotatable bonds is 5. The zero-order valence-corrected chi connectivity index (χ0v) is 25.0. The molecule has 0 aliphatic heterocycles. The highest BCUT2D eigenvalue weighted by atomic mass is 15.1. The normalized spacial score (nSPS) is 11.5. The van der Waals surface area contributed by atoms with Gasteiger partial charge in [-0.05, 0) is 83.7 Å². The van der Waals surface area contributed by atoms with Crippen LogP contribution in [0.15, 0.2) is 170 Å². The number of nitrogens with zero attached hydrogens (tertiary/aromatic N) is 4. The van der Waals surface area contributed by atoms with Crippen molar-refractivity contribution >= 4 is 60.7 Å². The van der Waals surface area contributed by atoms with Crippen molar-refractivity contribution in [2.24, 2.45) is 0 Å². The zero-order chi connectivity index (χ0) is 30.5. The molecule has 4 nitrogen and oxygen atoms in total. The fourth-order valence-corrected chi connectivity index (χ4v) is 6.78. The Hall–Kier alpha value is -6.26. The van der Waals surface area contributed by atoms with Crippen LogP contribution in [0.1, 0.15) is 0 Å². The largest absolute Gasteiger partial charge is 0.311 e. The highest BCUT2D eigenvalue weighted by molar-refractivity contribution is 6.19. The van der Waals surface area contributed by atoms with Crippen LogP contribution in [-0.2, 0) is 0 Å². The maximum absolute atomic E-state index is 4.90. The first-order valence-electron chi connectivity index (χ1n) is 15.5. The third-order valence-electron chi connectivity index (χ3n) is 8.83. The molecule has 0 aliphatic rings. The van der Waals surface area contributed by atoms with Crippen LogP contribution in [0.4, 0.5) is 17.1 Å². The Morgan fingerprint density at radius 3 is 1.72 bits per heavy atom. The molecule has 0 saturated carbocycles. The van der Waals surface area contributed by atoms with Crippen LogP contribution in [-0.4, -0.2) is 14.5 Å². The van der Waals surface area contributed by atoms with Crippen LogP contribution < -0.4 is 4.90 Å². The van der Waals surface area contributed by atoms with Crippen molar-refractivity contribution in [1.82, 2.24) is 14.5 Å². The smallest absolute Gasteiger partial charge is 0.0972 e. The van der Waals surface area contributed by atoms with Gasteiger partial charge < -0.3 is 9.47 Å². The number of hydrogen-bond donors (Lipinski definition) is 0. The maximum Gasteiger partial charge on any atom is 0.0972 e. The molecule has 0 aliphatic carbocycles. The summed E-state index contributed by atoms with van der Waals surface area (Å²) in [6, 6.07) is 55.9. The summed E-state index contributed by atoms with van der Waals surface area (Å²) in [5.74, 6) is 0. The van der Waals surface area contributed by atoms with Crippen molar-refractivity contribution < 1.29 is 0 Å². The predicted molar refractivity (Wildman–Crippen MR) is 192 cm³/mol. The second-order valence-corrected chi connectivity index (χ2v) is 11.5. The molecule has 0 radical (unpaired) electrons. The molecule has 2 aromatic heterocycles. The van der Waals surface area contributed by atoms with Crippen molar-refractivity contribution in [2.75, 3.05) is 4.90 Å². The summed E-state index contributed by atoms with van der Waals surface area (Å²) in [4.78, 5) is 12.1. The molecule has 2 heterocycles. The van der Waals surface area contributed by atoms with Gasteiger partial charge in [-0.1, -0.05) is 84.9 Å². The van der Waals surface area contributed by atoms with Crippen LogP contribution in [0, 0.1) is 0 Å². The van der Waals surface area contributed by atoms with E-state index < -0.39 is 0 Å². The van der Waals surface area contributed by atoms with Gasteiger partial charge in [0.1, 0.15) is 0 Å². The fourth-order valence-electron chi connectivity index (χ4n) is 6.78. The van der Waals surface area contributed by atoms with E-state index in [9.17, 15) is 0 Å². The van der Waals surface area contributed by atoms with Gasteiger partial charge >= 0.3 is 0 Å². The van der Waals surface area contributed by atoms with E-state index in [0.717, 1.165) is 61.2 Å². The van der Waals surface area contributed by atoms with Crippen molar-refractivity contribution in [2.45, 2.75) is 0 Å². The molecule has 0 N–H and O–H groups in total. The summed E-state index contributed by atoms with van der Waals surface area (Å²) < 4.78 is 2.35. The van der Waals surface area contributed by atoms with Crippen molar-refractivity contribution in [1.29, 1.82) is 0 Å². The summed E-state index contributed by atoms with van der Waals surface area (Å²) in [6.45, 7) is 0. The van der Waals surface area contributed by atoms with Gasteiger partial charge in [0, 0.05) is 56.9 Å². The minimum absolute atomic E-state index is 0.896. The minimum Gasteiger partial charge on any atom is -0.311 e. The van der Waals surface area contributed by atoms with E-state index in [1.165, 1.54) is 16.3 Å². The number of para-hydroxylation sites is 4. The van der Waals surface area contributed by atoms with Gasteiger partial charge in [0.05, 0.1) is 22.1 Å². The average Bonchev–Trinajstić information content (AvgIpc) is 3.45. The molecular weight excluding hydrogens is 560 g/mol. The number of fused-ring (bicyclic) bond motifs is 6. The van der Waals surface area contributed by atoms with E-state index in [1.54, 1.807) is 12.4 Å².